The molecule has 1 unspecified atom stereocenters. The molecule has 2 aromatic carbocycles. The van der Waals surface area contributed by atoms with E-state index in [0.717, 1.165) is 5.56 Å². The lowest BCUT2D eigenvalue weighted by Gasteiger charge is -2.24. The van der Waals surface area contributed by atoms with Crippen LogP contribution >= 0.6 is 11.6 Å². The lowest BCUT2D eigenvalue weighted by molar-refractivity contribution is 0.193. The summed E-state index contributed by atoms with van der Waals surface area (Å²) < 4.78 is 0. The Labute approximate surface area is 162 Å². The van der Waals surface area contributed by atoms with E-state index in [4.69, 9.17) is 11.6 Å². The van der Waals surface area contributed by atoms with E-state index in [2.05, 4.69) is 15.3 Å². The van der Waals surface area contributed by atoms with Gasteiger partial charge in [-0.15, -0.1) is 0 Å². The maximum absolute atomic E-state index is 12.6. The molecule has 0 bridgehead atoms. The van der Waals surface area contributed by atoms with Crippen LogP contribution in [0.5, 0.6) is 0 Å². The highest BCUT2D eigenvalue weighted by Crippen LogP contribution is 2.16. The predicted molar refractivity (Wildman–Crippen MR) is 107 cm³/mol. The highest BCUT2D eigenvalue weighted by atomic mass is 35.5. The number of aromatic amines is 1. The van der Waals surface area contributed by atoms with Gasteiger partial charge in [0.05, 0.1) is 23.5 Å². The first kappa shape index (κ1) is 18.9. The Hall–Kier alpha value is -2.86. The Bertz CT molecular complexity index is 1000. The van der Waals surface area contributed by atoms with Gasteiger partial charge in [-0.25, -0.2) is 9.78 Å². The first-order valence-corrected chi connectivity index (χ1v) is 9.14. The van der Waals surface area contributed by atoms with Gasteiger partial charge in [0, 0.05) is 11.6 Å². The second-order valence-electron chi connectivity index (χ2n) is 6.27. The topological polar surface area (TPSA) is 78.1 Å². The van der Waals surface area contributed by atoms with E-state index in [-0.39, 0.29) is 24.2 Å². The van der Waals surface area contributed by atoms with Gasteiger partial charge in [-0.3, -0.25) is 4.79 Å². The summed E-state index contributed by atoms with van der Waals surface area (Å²) in [5, 5.41) is 4.15. The number of H-pyrrole nitrogens is 1. The molecule has 0 radical (unpaired) electrons. The standard InChI is InChI=1S/C20H21ClN4O2/c1-3-25(20(27)22-13(2)14-8-10-15(21)11-9-14)12-18-23-17-7-5-4-6-16(17)19(26)24-18/h4-11,13H,3,12H2,1-2H3,(H,22,27)(H,23,24,26). The number of carbonyl (C=O) groups is 1. The second-order valence-corrected chi connectivity index (χ2v) is 6.70. The van der Waals surface area contributed by atoms with Crippen molar-refractivity contribution >= 4 is 28.5 Å². The average molecular weight is 385 g/mol. The molecule has 3 rings (SSSR count). The molecular weight excluding hydrogens is 364 g/mol. The Balaban J connectivity index is 1.73. The van der Waals surface area contributed by atoms with Gasteiger partial charge in [-0.1, -0.05) is 35.9 Å². The molecule has 1 atom stereocenters. The molecule has 0 aliphatic heterocycles. The normalized spacial score (nSPS) is 12.0. The van der Waals surface area contributed by atoms with Crippen molar-refractivity contribution in [3.05, 3.63) is 75.3 Å². The van der Waals surface area contributed by atoms with E-state index in [9.17, 15) is 9.59 Å². The molecule has 1 aromatic heterocycles. The number of benzene rings is 2. The van der Waals surface area contributed by atoms with Gasteiger partial charge in [-0.2, -0.15) is 0 Å². The van der Waals surface area contributed by atoms with Crippen LogP contribution in [0.4, 0.5) is 4.79 Å². The molecule has 0 aliphatic rings. The molecule has 0 saturated heterocycles. The van der Waals surface area contributed by atoms with Crippen LogP contribution in [-0.2, 0) is 6.54 Å². The monoisotopic (exact) mass is 384 g/mol. The summed E-state index contributed by atoms with van der Waals surface area (Å²) in [5.41, 5.74) is 1.37. The molecule has 3 aromatic rings. The number of carbonyl (C=O) groups excluding carboxylic acids is 1. The first-order chi connectivity index (χ1) is 13.0. The summed E-state index contributed by atoms with van der Waals surface area (Å²) >= 11 is 5.91. The third kappa shape index (κ3) is 4.46. The zero-order valence-electron chi connectivity index (χ0n) is 15.2. The number of rotatable bonds is 5. The minimum atomic E-state index is -0.226. The van der Waals surface area contributed by atoms with Gasteiger partial charge in [0.2, 0.25) is 0 Å². The zero-order chi connectivity index (χ0) is 19.4. The summed E-state index contributed by atoms with van der Waals surface area (Å²) in [5.74, 6) is 0.454. The highest BCUT2D eigenvalue weighted by molar-refractivity contribution is 6.30. The maximum atomic E-state index is 12.6. The number of hydrogen-bond acceptors (Lipinski definition) is 3. The number of nitrogens with zero attached hydrogens (tertiary/aromatic N) is 2. The van der Waals surface area contributed by atoms with Crippen LogP contribution in [0, 0.1) is 0 Å². The number of halogens is 1. The maximum Gasteiger partial charge on any atom is 0.318 e. The molecule has 2 amide bonds. The fraction of sp³-hybridized carbons (Fsp3) is 0.250. The van der Waals surface area contributed by atoms with E-state index in [1.54, 1.807) is 35.2 Å². The van der Waals surface area contributed by atoms with Crippen LogP contribution in [0.25, 0.3) is 10.9 Å². The van der Waals surface area contributed by atoms with E-state index < -0.39 is 0 Å². The fourth-order valence-corrected chi connectivity index (χ4v) is 2.96. The summed E-state index contributed by atoms with van der Waals surface area (Å²) in [6.07, 6.45) is 0. The van der Waals surface area contributed by atoms with Crippen molar-refractivity contribution in [2.45, 2.75) is 26.4 Å². The molecule has 0 spiro atoms. The Morgan fingerprint density at radius 3 is 2.63 bits per heavy atom. The number of hydrogen-bond donors (Lipinski definition) is 2. The molecule has 27 heavy (non-hydrogen) atoms. The SMILES string of the molecule is CCN(Cc1nc2ccccc2c(=O)[nH]1)C(=O)NC(C)c1ccc(Cl)cc1. The van der Waals surface area contributed by atoms with Crippen molar-refractivity contribution in [2.75, 3.05) is 6.54 Å². The summed E-state index contributed by atoms with van der Waals surface area (Å²) in [4.78, 5) is 33.7. The molecule has 140 valence electrons. The van der Waals surface area contributed by atoms with Crippen molar-refractivity contribution in [3.63, 3.8) is 0 Å². The van der Waals surface area contributed by atoms with E-state index in [1.807, 2.05) is 32.0 Å². The van der Waals surface area contributed by atoms with E-state index in [1.165, 1.54) is 0 Å². The molecule has 6 nitrogen and oxygen atoms in total. The number of urea groups is 1. The molecule has 0 saturated carbocycles. The molecular formula is C20H21ClN4O2. The van der Waals surface area contributed by atoms with Crippen molar-refractivity contribution in [2.24, 2.45) is 0 Å². The molecule has 0 aliphatic carbocycles. The number of amides is 2. The zero-order valence-corrected chi connectivity index (χ0v) is 16.0. The van der Waals surface area contributed by atoms with Gasteiger partial charge in [-0.05, 0) is 43.7 Å². The van der Waals surface area contributed by atoms with Crippen LogP contribution in [0.15, 0.2) is 53.3 Å². The van der Waals surface area contributed by atoms with E-state index in [0.29, 0.717) is 28.3 Å². The Morgan fingerprint density at radius 1 is 1.22 bits per heavy atom. The number of nitrogens with one attached hydrogen (secondary N) is 2. The minimum Gasteiger partial charge on any atom is -0.331 e. The Morgan fingerprint density at radius 2 is 1.93 bits per heavy atom. The number of para-hydroxylation sites is 1. The Kier molecular flexibility index (Phi) is 5.76. The largest absolute Gasteiger partial charge is 0.331 e. The predicted octanol–water partition coefficient (Wildman–Crippen LogP) is 3.87. The van der Waals surface area contributed by atoms with Gasteiger partial charge in [0.1, 0.15) is 5.82 Å². The summed E-state index contributed by atoms with van der Waals surface area (Å²) in [7, 11) is 0. The van der Waals surface area contributed by atoms with Crippen LogP contribution in [-0.4, -0.2) is 27.4 Å². The number of aromatic nitrogens is 2. The first-order valence-electron chi connectivity index (χ1n) is 8.76. The molecule has 1 heterocycles. The third-order valence-electron chi connectivity index (χ3n) is 4.38. The second kappa shape index (κ2) is 8.22. The molecule has 2 N–H and O–H groups in total. The fourth-order valence-electron chi connectivity index (χ4n) is 2.83. The van der Waals surface area contributed by atoms with Crippen LogP contribution in [0.2, 0.25) is 5.02 Å². The van der Waals surface area contributed by atoms with Crippen molar-refractivity contribution in [1.29, 1.82) is 0 Å². The minimum absolute atomic E-state index is 0.174. The van der Waals surface area contributed by atoms with Gasteiger partial charge < -0.3 is 15.2 Å². The van der Waals surface area contributed by atoms with Crippen molar-refractivity contribution in [1.82, 2.24) is 20.2 Å². The molecule has 7 heteroatoms. The lowest BCUT2D eigenvalue weighted by Crippen LogP contribution is -2.41. The van der Waals surface area contributed by atoms with Gasteiger partial charge in [0.25, 0.3) is 5.56 Å². The highest BCUT2D eigenvalue weighted by Gasteiger charge is 2.17. The number of fused-ring (bicyclic) bond motifs is 1. The van der Waals surface area contributed by atoms with Crippen molar-refractivity contribution in [3.8, 4) is 0 Å². The average Bonchev–Trinajstić information content (AvgIpc) is 2.66. The van der Waals surface area contributed by atoms with Gasteiger partial charge >= 0.3 is 6.03 Å². The summed E-state index contributed by atoms with van der Waals surface area (Å²) in [6.45, 7) is 4.49. The summed E-state index contributed by atoms with van der Waals surface area (Å²) in [6, 6.07) is 14.1. The van der Waals surface area contributed by atoms with Crippen LogP contribution < -0.4 is 10.9 Å². The van der Waals surface area contributed by atoms with Gasteiger partial charge in [0.15, 0.2) is 0 Å². The lowest BCUT2D eigenvalue weighted by atomic mass is 10.1. The van der Waals surface area contributed by atoms with Crippen LogP contribution in [0.3, 0.4) is 0 Å². The van der Waals surface area contributed by atoms with E-state index >= 15 is 0 Å². The van der Waals surface area contributed by atoms with Crippen molar-refractivity contribution < 1.29 is 4.79 Å². The molecule has 0 fully saturated rings. The van der Waals surface area contributed by atoms with Crippen LogP contribution in [0.1, 0.15) is 31.3 Å². The third-order valence-corrected chi connectivity index (χ3v) is 4.63. The quantitative estimate of drug-likeness (QED) is 0.700. The smallest absolute Gasteiger partial charge is 0.318 e.